The zero-order valence-electron chi connectivity index (χ0n) is 14.1. The molecule has 1 aliphatic rings. The smallest absolute Gasteiger partial charge is 0.0468 e. The molecule has 1 rings (SSSR count). The van der Waals surface area contributed by atoms with E-state index >= 15 is 0 Å². The molecule has 0 aliphatic heterocycles. The minimum Gasteiger partial charge on any atom is -0.396 e. The highest BCUT2D eigenvalue weighted by Crippen LogP contribution is 2.42. The second-order valence-corrected chi connectivity index (χ2v) is 6.68. The number of aliphatic hydroxyl groups is 1. The molecular formula is C20H30O. The third-order valence-electron chi connectivity index (χ3n) is 4.15. The Morgan fingerprint density at radius 2 is 2.00 bits per heavy atom. The van der Waals surface area contributed by atoms with Gasteiger partial charge < -0.3 is 5.11 Å². The van der Waals surface area contributed by atoms with Crippen molar-refractivity contribution in [2.75, 3.05) is 6.61 Å². The average molecular weight is 286 g/mol. The molecule has 1 aliphatic carbocycles. The molecule has 21 heavy (non-hydrogen) atoms. The Morgan fingerprint density at radius 1 is 1.29 bits per heavy atom. The van der Waals surface area contributed by atoms with Crippen LogP contribution in [0.15, 0.2) is 59.3 Å². The molecule has 0 heterocycles. The molecule has 1 fully saturated rings. The van der Waals surface area contributed by atoms with Gasteiger partial charge in [0.05, 0.1) is 0 Å². The molecule has 0 unspecified atom stereocenters. The molecule has 0 aromatic carbocycles. The summed E-state index contributed by atoms with van der Waals surface area (Å²) in [6.45, 7) is 13.2. The summed E-state index contributed by atoms with van der Waals surface area (Å²) in [5.74, 6) is 0. The van der Waals surface area contributed by atoms with Gasteiger partial charge in [0.15, 0.2) is 0 Å². The molecule has 0 atom stereocenters. The molecule has 1 saturated carbocycles. The van der Waals surface area contributed by atoms with Crippen LogP contribution in [0.2, 0.25) is 0 Å². The lowest BCUT2D eigenvalue weighted by atomic mass is 9.71. The second-order valence-electron chi connectivity index (χ2n) is 6.68. The maximum Gasteiger partial charge on any atom is 0.0468 e. The van der Waals surface area contributed by atoms with Crippen LogP contribution in [0.4, 0.5) is 0 Å². The van der Waals surface area contributed by atoms with E-state index in [1.54, 1.807) is 0 Å². The minimum absolute atomic E-state index is 0.217. The number of rotatable bonds is 5. The molecule has 0 aromatic rings. The van der Waals surface area contributed by atoms with Gasteiger partial charge in [-0.2, -0.15) is 0 Å². The first kappa shape index (κ1) is 17.7. The Morgan fingerprint density at radius 3 is 2.62 bits per heavy atom. The van der Waals surface area contributed by atoms with Crippen molar-refractivity contribution in [1.29, 1.82) is 0 Å². The fraction of sp³-hybridized carbons (Fsp3) is 0.500. The normalized spacial score (nSPS) is 22.3. The SMILES string of the molecule is C=C1CCCC(C)(C)\C1=C/C=C(C)/C=C/C=C(/C)CCO. The van der Waals surface area contributed by atoms with Crippen LogP contribution in [-0.4, -0.2) is 11.7 Å². The molecule has 1 heteroatoms. The van der Waals surface area contributed by atoms with Crippen molar-refractivity contribution in [3.63, 3.8) is 0 Å². The van der Waals surface area contributed by atoms with Crippen LogP contribution in [0.5, 0.6) is 0 Å². The maximum atomic E-state index is 8.86. The summed E-state index contributed by atoms with van der Waals surface area (Å²) in [7, 11) is 0. The van der Waals surface area contributed by atoms with Crippen molar-refractivity contribution >= 4 is 0 Å². The third kappa shape index (κ3) is 5.89. The van der Waals surface area contributed by atoms with E-state index < -0.39 is 0 Å². The van der Waals surface area contributed by atoms with E-state index in [0.717, 1.165) is 12.8 Å². The van der Waals surface area contributed by atoms with Gasteiger partial charge in [-0.1, -0.05) is 67.5 Å². The summed E-state index contributed by atoms with van der Waals surface area (Å²) in [6, 6.07) is 0. The Hall–Kier alpha value is -1.34. The van der Waals surface area contributed by atoms with Gasteiger partial charge in [0.1, 0.15) is 0 Å². The van der Waals surface area contributed by atoms with Crippen molar-refractivity contribution in [2.24, 2.45) is 5.41 Å². The Balaban J connectivity index is 2.77. The fourth-order valence-electron chi connectivity index (χ4n) is 2.73. The first-order chi connectivity index (χ1) is 9.86. The van der Waals surface area contributed by atoms with Crippen LogP contribution in [-0.2, 0) is 0 Å². The quantitative estimate of drug-likeness (QED) is 0.661. The Kier molecular flexibility index (Phi) is 6.91. The van der Waals surface area contributed by atoms with Crippen molar-refractivity contribution in [2.45, 2.75) is 53.4 Å². The topological polar surface area (TPSA) is 20.2 Å². The van der Waals surface area contributed by atoms with E-state index in [1.165, 1.54) is 35.1 Å². The molecule has 0 aromatic heterocycles. The van der Waals surface area contributed by atoms with Gasteiger partial charge in [0.25, 0.3) is 0 Å². The zero-order valence-corrected chi connectivity index (χ0v) is 14.1. The van der Waals surface area contributed by atoms with Crippen molar-refractivity contribution in [3.05, 3.63) is 59.3 Å². The van der Waals surface area contributed by atoms with Gasteiger partial charge in [-0.05, 0) is 50.5 Å². The number of hydrogen-bond donors (Lipinski definition) is 1. The van der Waals surface area contributed by atoms with Gasteiger partial charge in [-0.25, -0.2) is 0 Å². The predicted octanol–water partition coefficient (Wildman–Crippen LogP) is 5.51. The molecule has 0 radical (unpaired) electrons. The highest BCUT2D eigenvalue weighted by atomic mass is 16.2. The first-order valence-corrected chi connectivity index (χ1v) is 7.89. The summed E-state index contributed by atoms with van der Waals surface area (Å²) in [4.78, 5) is 0. The van der Waals surface area contributed by atoms with E-state index in [-0.39, 0.29) is 12.0 Å². The molecule has 0 spiro atoms. The van der Waals surface area contributed by atoms with Gasteiger partial charge in [0.2, 0.25) is 0 Å². The first-order valence-electron chi connectivity index (χ1n) is 7.89. The molecule has 0 amide bonds. The fourth-order valence-corrected chi connectivity index (χ4v) is 2.73. The highest BCUT2D eigenvalue weighted by molar-refractivity contribution is 5.40. The van der Waals surface area contributed by atoms with Gasteiger partial charge in [0, 0.05) is 6.61 Å². The second kappa shape index (κ2) is 8.19. The molecule has 1 nitrogen and oxygen atoms in total. The lowest BCUT2D eigenvalue weighted by Crippen LogP contribution is -2.20. The van der Waals surface area contributed by atoms with Crippen LogP contribution < -0.4 is 0 Å². The number of hydrogen-bond acceptors (Lipinski definition) is 1. The summed E-state index contributed by atoms with van der Waals surface area (Å²) < 4.78 is 0. The van der Waals surface area contributed by atoms with E-state index in [1.807, 2.05) is 6.92 Å². The molecule has 116 valence electrons. The summed E-state index contributed by atoms with van der Waals surface area (Å²) in [5.41, 5.74) is 5.35. The van der Waals surface area contributed by atoms with E-state index in [2.05, 4.69) is 57.7 Å². The lowest BCUT2D eigenvalue weighted by Gasteiger charge is -2.34. The average Bonchev–Trinajstić information content (AvgIpc) is 2.37. The third-order valence-corrected chi connectivity index (χ3v) is 4.15. The molecular weight excluding hydrogens is 256 g/mol. The predicted molar refractivity (Wildman–Crippen MR) is 93.2 cm³/mol. The van der Waals surface area contributed by atoms with Crippen LogP contribution in [0, 0.1) is 5.41 Å². The van der Waals surface area contributed by atoms with Crippen LogP contribution >= 0.6 is 0 Å². The standard InChI is InChI=1S/C20H30O/c1-16(8-6-9-17(2)13-15-21)11-12-19-18(3)10-7-14-20(19,4)5/h6,8-9,11-12,21H,3,7,10,13-15H2,1-2,4-5H3/b8-6+,16-11+,17-9-,19-12-. The largest absolute Gasteiger partial charge is 0.396 e. The van der Waals surface area contributed by atoms with Crippen LogP contribution in [0.25, 0.3) is 0 Å². The monoisotopic (exact) mass is 286 g/mol. The Labute approximate surface area is 130 Å². The number of allylic oxidation sites excluding steroid dienone is 8. The zero-order chi connectivity index (χ0) is 15.9. The summed E-state index contributed by atoms with van der Waals surface area (Å²) >= 11 is 0. The van der Waals surface area contributed by atoms with Crippen LogP contribution in [0.3, 0.4) is 0 Å². The van der Waals surface area contributed by atoms with E-state index in [0.29, 0.717) is 0 Å². The Bertz CT molecular complexity index is 484. The maximum absolute atomic E-state index is 8.86. The minimum atomic E-state index is 0.217. The van der Waals surface area contributed by atoms with Gasteiger partial charge >= 0.3 is 0 Å². The van der Waals surface area contributed by atoms with Gasteiger partial charge in [-0.15, -0.1) is 0 Å². The van der Waals surface area contributed by atoms with E-state index in [4.69, 9.17) is 5.11 Å². The van der Waals surface area contributed by atoms with Crippen molar-refractivity contribution in [1.82, 2.24) is 0 Å². The molecule has 1 N–H and O–H groups in total. The van der Waals surface area contributed by atoms with Gasteiger partial charge in [-0.3, -0.25) is 0 Å². The molecule has 0 saturated heterocycles. The summed E-state index contributed by atoms with van der Waals surface area (Å²) in [5, 5.41) is 8.86. The number of aliphatic hydroxyl groups excluding tert-OH is 1. The highest BCUT2D eigenvalue weighted by Gasteiger charge is 2.28. The summed E-state index contributed by atoms with van der Waals surface area (Å²) in [6.07, 6.45) is 15.0. The van der Waals surface area contributed by atoms with Crippen molar-refractivity contribution in [3.8, 4) is 0 Å². The molecule has 0 bridgehead atoms. The van der Waals surface area contributed by atoms with E-state index in [9.17, 15) is 0 Å². The van der Waals surface area contributed by atoms with Crippen molar-refractivity contribution < 1.29 is 5.11 Å². The lowest BCUT2D eigenvalue weighted by molar-refractivity contribution is 0.299. The van der Waals surface area contributed by atoms with Crippen LogP contribution in [0.1, 0.15) is 53.4 Å².